The Balaban J connectivity index is 2.06. The van der Waals surface area contributed by atoms with E-state index in [-0.39, 0.29) is 11.1 Å². The van der Waals surface area contributed by atoms with Crippen LogP contribution in [0.4, 0.5) is 4.39 Å². The SMILES string of the molecule is NNC(c1ccc(Cl)c(F)c1)c1cccc2c1OCCC2. The third-order valence-electron chi connectivity index (χ3n) is 3.72. The maximum absolute atomic E-state index is 13.7. The molecule has 1 unspecified atom stereocenters. The minimum atomic E-state index is -0.458. The van der Waals surface area contributed by atoms with E-state index in [1.807, 2.05) is 18.2 Å². The summed E-state index contributed by atoms with van der Waals surface area (Å²) in [4.78, 5) is 0. The molecule has 0 radical (unpaired) electrons. The van der Waals surface area contributed by atoms with E-state index in [4.69, 9.17) is 22.2 Å². The molecule has 0 saturated carbocycles. The molecule has 0 fully saturated rings. The van der Waals surface area contributed by atoms with Gasteiger partial charge in [-0.25, -0.2) is 9.82 Å². The first kappa shape index (κ1) is 14.3. The van der Waals surface area contributed by atoms with Gasteiger partial charge in [-0.1, -0.05) is 35.9 Å². The van der Waals surface area contributed by atoms with E-state index >= 15 is 0 Å². The fraction of sp³-hybridized carbons (Fsp3) is 0.250. The van der Waals surface area contributed by atoms with Gasteiger partial charge in [-0.15, -0.1) is 0 Å². The van der Waals surface area contributed by atoms with Crippen molar-refractivity contribution in [2.24, 2.45) is 5.84 Å². The second-order valence-corrected chi connectivity index (χ2v) is 5.47. The smallest absolute Gasteiger partial charge is 0.142 e. The Morgan fingerprint density at radius 1 is 1.29 bits per heavy atom. The number of nitrogens with two attached hydrogens (primary N) is 1. The van der Waals surface area contributed by atoms with Gasteiger partial charge in [0.25, 0.3) is 0 Å². The lowest BCUT2D eigenvalue weighted by Crippen LogP contribution is -2.30. The first-order valence-corrected chi connectivity index (χ1v) is 7.24. The van der Waals surface area contributed by atoms with E-state index in [1.54, 1.807) is 6.07 Å². The van der Waals surface area contributed by atoms with Crippen molar-refractivity contribution < 1.29 is 9.13 Å². The summed E-state index contributed by atoms with van der Waals surface area (Å²) >= 11 is 5.74. The van der Waals surface area contributed by atoms with Crippen molar-refractivity contribution in [2.45, 2.75) is 18.9 Å². The van der Waals surface area contributed by atoms with Gasteiger partial charge in [-0.05, 0) is 36.1 Å². The van der Waals surface area contributed by atoms with Gasteiger partial charge in [0, 0.05) is 5.56 Å². The lowest BCUT2D eigenvalue weighted by atomic mass is 9.94. The van der Waals surface area contributed by atoms with Crippen LogP contribution in [0.1, 0.15) is 29.2 Å². The molecular formula is C16H16ClFN2O. The number of rotatable bonds is 3. The average molecular weight is 307 g/mol. The first-order chi connectivity index (χ1) is 10.2. The van der Waals surface area contributed by atoms with Crippen molar-refractivity contribution in [3.05, 3.63) is 63.9 Å². The van der Waals surface area contributed by atoms with Crippen LogP contribution in [-0.2, 0) is 6.42 Å². The number of benzene rings is 2. The van der Waals surface area contributed by atoms with Gasteiger partial charge < -0.3 is 4.74 Å². The maximum Gasteiger partial charge on any atom is 0.142 e. The van der Waals surface area contributed by atoms with E-state index in [1.165, 1.54) is 12.1 Å². The summed E-state index contributed by atoms with van der Waals surface area (Å²) in [5.74, 6) is 6.09. The monoisotopic (exact) mass is 306 g/mol. The number of hydrogen-bond acceptors (Lipinski definition) is 3. The molecule has 1 aliphatic heterocycles. The van der Waals surface area contributed by atoms with Crippen LogP contribution in [0.25, 0.3) is 0 Å². The number of aryl methyl sites for hydroxylation is 1. The number of para-hydroxylation sites is 1. The molecule has 2 aromatic carbocycles. The highest BCUT2D eigenvalue weighted by molar-refractivity contribution is 6.30. The van der Waals surface area contributed by atoms with Crippen LogP contribution in [0, 0.1) is 5.82 Å². The molecule has 110 valence electrons. The molecule has 3 N–H and O–H groups in total. The summed E-state index contributed by atoms with van der Waals surface area (Å²) in [6.07, 6.45) is 1.99. The number of ether oxygens (including phenoxy) is 1. The zero-order valence-electron chi connectivity index (χ0n) is 11.4. The van der Waals surface area contributed by atoms with Crippen LogP contribution in [0.5, 0.6) is 5.75 Å². The number of hydrogen-bond donors (Lipinski definition) is 2. The molecule has 5 heteroatoms. The van der Waals surface area contributed by atoms with Gasteiger partial charge in [0.2, 0.25) is 0 Å². The second-order valence-electron chi connectivity index (χ2n) is 5.06. The number of fused-ring (bicyclic) bond motifs is 1. The second kappa shape index (κ2) is 6.02. The molecule has 2 aromatic rings. The molecule has 0 saturated heterocycles. The molecule has 0 aliphatic carbocycles. The molecule has 0 amide bonds. The maximum atomic E-state index is 13.7. The molecular weight excluding hydrogens is 291 g/mol. The number of halogens is 2. The minimum absolute atomic E-state index is 0.0980. The van der Waals surface area contributed by atoms with Crippen molar-refractivity contribution >= 4 is 11.6 Å². The highest BCUT2D eigenvalue weighted by Crippen LogP contribution is 2.35. The molecule has 0 bridgehead atoms. The summed E-state index contributed by atoms with van der Waals surface area (Å²) in [7, 11) is 0. The minimum Gasteiger partial charge on any atom is -0.493 e. The molecule has 1 atom stereocenters. The van der Waals surface area contributed by atoms with E-state index in [2.05, 4.69) is 5.43 Å². The van der Waals surface area contributed by atoms with Gasteiger partial charge in [-0.2, -0.15) is 0 Å². The normalized spacial score (nSPS) is 15.2. The summed E-state index contributed by atoms with van der Waals surface area (Å²) in [6.45, 7) is 0.691. The Kier molecular flexibility index (Phi) is 4.10. The highest BCUT2D eigenvalue weighted by atomic mass is 35.5. The Morgan fingerprint density at radius 3 is 2.90 bits per heavy atom. The van der Waals surface area contributed by atoms with Gasteiger partial charge in [-0.3, -0.25) is 5.84 Å². The average Bonchev–Trinajstić information content (AvgIpc) is 2.52. The fourth-order valence-electron chi connectivity index (χ4n) is 2.70. The van der Waals surface area contributed by atoms with Gasteiger partial charge in [0.1, 0.15) is 11.6 Å². The molecule has 0 aromatic heterocycles. The predicted octanol–water partition coefficient (Wildman–Crippen LogP) is 3.36. The van der Waals surface area contributed by atoms with Gasteiger partial charge in [0.15, 0.2) is 0 Å². The van der Waals surface area contributed by atoms with Crippen molar-refractivity contribution in [3.8, 4) is 5.75 Å². The van der Waals surface area contributed by atoms with Crippen molar-refractivity contribution in [1.82, 2.24) is 5.43 Å². The molecule has 1 aliphatic rings. The Hall–Kier alpha value is -1.62. The third-order valence-corrected chi connectivity index (χ3v) is 4.03. The summed E-state index contributed by atoms with van der Waals surface area (Å²) in [5.41, 5.74) is 5.53. The molecule has 1 heterocycles. The molecule has 21 heavy (non-hydrogen) atoms. The zero-order valence-corrected chi connectivity index (χ0v) is 12.2. The standard InChI is InChI=1S/C16H16ClFN2O/c17-13-7-6-11(9-14(13)18)15(20-19)12-5-1-3-10-4-2-8-21-16(10)12/h1,3,5-7,9,15,20H,2,4,8,19H2. The first-order valence-electron chi connectivity index (χ1n) is 6.86. The lowest BCUT2D eigenvalue weighted by molar-refractivity contribution is 0.283. The largest absolute Gasteiger partial charge is 0.493 e. The van der Waals surface area contributed by atoms with Crippen LogP contribution in [0.3, 0.4) is 0 Å². The summed E-state index contributed by atoms with van der Waals surface area (Å²) < 4.78 is 19.5. The van der Waals surface area contributed by atoms with Crippen molar-refractivity contribution in [2.75, 3.05) is 6.61 Å². The highest BCUT2D eigenvalue weighted by Gasteiger charge is 2.22. The number of hydrazine groups is 1. The third kappa shape index (κ3) is 2.75. The Morgan fingerprint density at radius 2 is 2.14 bits per heavy atom. The Labute approximate surface area is 127 Å². The van der Waals surface area contributed by atoms with E-state index in [0.29, 0.717) is 12.2 Å². The van der Waals surface area contributed by atoms with Crippen LogP contribution in [0.15, 0.2) is 36.4 Å². The molecule has 0 spiro atoms. The van der Waals surface area contributed by atoms with E-state index < -0.39 is 5.82 Å². The van der Waals surface area contributed by atoms with Gasteiger partial charge >= 0.3 is 0 Å². The molecule has 3 rings (SSSR count). The van der Waals surface area contributed by atoms with Crippen LogP contribution in [0.2, 0.25) is 5.02 Å². The topological polar surface area (TPSA) is 47.3 Å². The lowest BCUT2D eigenvalue weighted by Gasteiger charge is -2.25. The zero-order chi connectivity index (χ0) is 14.8. The van der Waals surface area contributed by atoms with Crippen molar-refractivity contribution in [1.29, 1.82) is 0 Å². The van der Waals surface area contributed by atoms with Crippen LogP contribution >= 0.6 is 11.6 Å². The summed E-state index contributed by atoms with van der Waals surface area (Å²) in [5, 5.41) is 0.0980. The molecule has 3 nitrogen and oxygen atoms in total. The predicted molar refractivity (Wildman–Crippen MR) is 80.8 cm³/mol. The van der Waals surface area contributed by atoms with Gasteiger partial charge in [0.05, 0.1) is 17.7 Å². The fourth-order valence-corrected chi connectivity index (χ4v) is 2.82. The van der Waals surface area contributed by atoms with E-state index in [0.717, 1.165) is 29.7 Å². The van der Waals surface area contributed by atoms with Crippen molar-refractivity contribution in [3.63, 3.8) is 0 Å². The van der Waals surface area contributed by atoms with Crippen LogP contribution in [-0.4, -0.2) is 6.61 Å². The quantitative estimate of drug-likeness (QED) is 0.675. The number of nitrogens with one attached hydrogen (secondary N) is 1. The summed E-state index contributed by atoms with van der Waals surface area (Å²) in [6, 6.07) is 10.3. The van der Waals surface area contributed by atoms with E-state index in [9.17, 15) is 4.39 Å². The Bertz CT molecular complexity index is 663. The van der Waals surface area contributed by atoms with Crippen LogP contribution < -0.4 is 16.0 Å².